The first-order chi connectivity index (χ1) is 8.22. The van der Waals surface area contributed by atoms with Crippen LogP contribution in [0.15, 0.2) is 12.1 Å². The Kier molecular flexibility index (Phi) is 3.68. The first kappa shape index (κ1) is 12.0. The van der Waals surface area contributed by atoms with E-state index in [1.807, 2.05) is 6.07 Å². The van der Waals surface area contributed by atoms with Crippen molar-refractivity contribution in [2.75, 3.05) is 50.5 Å². The van der Waals surface area contributed by atoms with Crippen molar-refractivity contribution in [1.82, 2.24) is 9.88 Å². The molecular weight excluding hydrogens is 216 g/mol. The highest BCUT2D eigenvalue weighted by molar-refractivity contribution is 5.53. The number of pyridine rings is 1. The van der Waals surface area contributed by atoms with Gasteiger partial charge in [-0.2, -0.15) is 4.98 Å². The third-order valence-corrected chi connectivity index (χ3v) is 3.16. The van der Waals surface area contributed by atoms with Crippen molar-refractivity contribution in [2.45, 2.75) is 6.92 Å². The maximum absolute atomic E-state index is 5.84. The second-order valence-corrected chi connectivity index (χ2v) is 4.22. The lowest BCUT2D eigenvalue weighted by atomic mass is 10.3. The molecule has 1 aromatic heterocycles. The molecule has 0 spiro atoms. The van der Waals surface area contributed by atoms with E-state index in [0.29, 0.717) is 11.6 Å². The van der Waals surface area contributed by atoms with Gasteiger partial charge in [-0.15, -0.1) is 0 Å². The molecule has 5 heteroatoms. The first-order valence-corrected chi connectivity index (χ1v) is 6.01. The molecule has 1 saturated heterocycles. The third kappa shape index (κ3) is 2.79. The molecule has 1 aliphatic heterocycles. The van der Waals surface area contributed by atoms with Crippen LogP contribution >= 0.6 is 0 Å². The Morgan fingerprint density at radius 3 is 2.59 bits per heavy atom. The maximum atomic E-state index is 5.84. The van der Waals surface area contributed by atoms with Crippen molar-refractivity contribution in [3.05, 3.63) is 12.1 Å². The van der Waals surface area contributed by atoms with Crippen molar-refractivity contribution >= 4 is 11.5 Å². The number of likely N-dealkylation sites (N-methyl/N-ethyl adjacent to an activating group) is 1. The van der Waals surface area contributed by atoms with Crippen molar-refractivity contribution in [3.63, 3.8) is 0 Å². The minimum atomic E-state index is 0.581. The van der Waals surface area contributed by atoms with Crippen LogP contribution in [0.2, 0.25) is 0 Å². The van der Waals surface area contributed by atoms with Crippen LogP contribution < -0.4 is 15.4 Å². The van der Waals surface area contributed by atoms with Gasteiger partial charge in [0, 0.05) is 44.0 Å². The molecule has 1 fully saturated rings. The Bertz CT molecular complexity index is 375. The monoisotopic (exact) mass is 236 g/mol. The van der Waals surface area contributed by atoms with Crippen LogP contribution in [0, 0.1) is 0 Å². The van der Waals surface area contributed by atoms with E-state index in [1.54, 1.807) is 13.2 Å². The highest BCUT2D eigenvalue weighted by Gasteiger charge is 2.17. The summed E-state index contributed by atoms with van der Waals surface area (Å²) >= 11 is 0. The number of nitrogens with two attached hydrogens (primary N) is 1. The number of anilines is 2. The van der Waals surface area contributed by atoms with Crippen LogP contribution in [0.25, 0.3) is 0 Å². The number of methoxy groups -OCH3 is 1. The van der Waals surface area contributed by atoms with Gasteiger partial charge in [0.1, 0.15) is 5.82 Å². The second kappa shape index (κ2) is 5.23. The van der Waals surface area contributed by atoms with E-state index in [4.69, 9.17) is 10.5 Å². The van der Waals surface area contributed by atoms with Crippen molar-refractivity contribution in [3.8, 4) is 5.88 Å². The molecule has 0 atom stereocenters. The first-order valence-electron chi connectivity index (χ1n) is 6.01. The minimum absolute atomic E-state index is 0.581. The zero-order chi connectivity index (χ0) is 12.3. The summed E-state index contributed by atoms with van der Waals surface area (Å²) in [4.78, 5) is 9.12. The molecule has 0 radical (unpaired) electrons. The smallest absolute Gasteiger partial charge is 0.216 e. The number of aromatic nitrogens is 1. The second-order valence-electron chi connectivity index (χ2n) is 4.22. The fourth-order valence-electron chi connectivity index (χ4n) is 2.07. The van der Waals surface area contributed by atoms with Crippen LogP contribution in [0.4, 0.5) is 11.5 Å². The summed E-state index contributed by atoms with van der Waals surface area (Å²) < 4.78 is 5.14. The SMILES string of the molecule is CCN1CCN(c2cc(N)cc(OC)n2)CC1. The Hall–Kier alpha value is -1.49. The van der Waals surface area contributed by atoms with Gasteiger partial charge in [-0.25, -0.2) is 0 Å². The zero-order valence-electron chi connectivity index (χ0n) is 10.5. The summed E-state index contributed by atoms with van der Waals surface area (Å²) in [5.41, 5.74) is 6.54. The van der Waals surface area contributed by atoms with Crippen LogP contribution in [0.1, 0.15) is 6.92 Å². The number of nitrogen functional groups attached to an aromatic ring is 1. The Balaban J connectivity index is 2.10. The molecule has 0 bridgehead atoms. The van der Waals surface area contributed by atoms with E-state index in [1.165, 1.54) is 0 Å². The molecule has 1 aromatic rings. The number of nitrogens with zero attached hydrogens (tertiary/aromatic N) is 3. The molecule has 2 N–H and O–H groups in total. The predicted octanol–water partition coefficient (Wildman–Crippen LogP) is 0.814. The molecule has 17 heavy (non-hydrogen) atoms. The Morgan fingerprint density at radius 1 is 1.29 bits per heavy atom. The summed E-state index contributed by atoms with van der Waals surface area (Å²) in [6.45, 7) is 7.45. The quantitative estimate of drug-likeness (QED) is 0.842. The largest absolute Gasteiger partial charge is 0.481 e. The zero-order valence-corrected chi connectivity index (χ0v) is 10.5. The van der Waals surface area contributed by atoms with Crippen LogP contribution in [-0.2, 0) is 0 Å². The van der Waals surface area contributed by atoms with E-state index >= 15 is 0 Å². The van der Waals surface area contributed by atoms with E-state index in [-0.39, 0.29) is 0 Å². The molecule has 1 aliphatic rings. The average Bonchev–Trinajstić information content (AvgIpc) is 2.38. The van der Waals surface area contributed by atoms with Crippen molar-refractivity contribution in [2.24, 2.45) is 0 Å². The third-order valence-electron chi connectivity index (χ3n) is 3.16. The molecular formula is C12H20N4O. The highest BCUT2D eigenvalue weighted by Crippen LogP contribution is 2.21. The summed E-state index contributed by atoms with van der Waals surface area (Å²) in [7, 11) is 1.61. The highest BCUT2D eigenvalue weighted by atomic mass is 16.5. The molecule has 5 nitrogen and oxygen atoms in total. The van der Waals surface area contributed by atoms with E-state index in [2.05, 4.69) is 21.7 Å². The van der Waals surface area contributed by atoms with E-state index in [9.17, 15) is 0 Å². The fourth-order valence-corrected chi connectivity index (χ4v) is 2.07. The molecule has 0 unspecified atom stereocenters. The Morgan fingerprint density at radius 2 is 2.00 bits per heavy atom. The lowest BCUT2D eigenvalue weighted by Crippen LogP contribution is -2.46. The van der Waals surface area contributed by atoms with Gasteiger partial charge in [-0.3, -0.25) is 0 Å². The standard InChI is InChI=1S/C12H20N4O/c1-3-15-4-6-16(7-5-15)11-8-10(13)9-12(14-11)17-2/h8-9H,3-7H2,1-2H3,(H2,13,14). The number of ether oxygens (including phenoxy) is 1. The van der Waals surface area contributed by atoms with Gasteiger partial charge >= 0.3 is 0 Å². The normalized spacial score (nSPS) is 17.2. The average molecular weight is 236 g/mol. The molecule has 0 aliphatic carbocycles. The lowest BCUT2D eigenvalue weighted by Gasteiger charge is -2.34. The van der Waals surface area contributed by atoms with Gasteiger partial charge in [0.2, 0.25) is 5.88 Å². The number of rotatable bonds is 3. The van der Waals surface area contributed by atoms with E-state index in [0.717, 1.165) is 38.5 Å². The summed E-state index contributed by atoms with van der Waals surface area (Å²) in [5.74, 6) is 1.50. The molecule has 0 amide bonds. The molecule has 0 aromatic carbocycles. The van der Waals surface area contributed by atoms with Gasteiger partial charge in [0.05, 0.1) is 7.11 Å². The number of piperazine rings is 1. The molecule has 2 rings (SSSR count). The van der Waals surface area contributed by atoms with Gasteiger partial charge in [-0.05, 0) is 6.54 Å². The Labute approximate surface area is 102 Å². The predicted molar refractivity (Wildman–Crippen MR) is 69.5 cm³/mol. The maximum Gasteiger partial charge on any atom is 0.216 e. The summed E-state index contributed by atoms with van der Waals surface area (Å²) in [6.07, 6.45) is 0. The topological polar surface area (TPSA) is 54.6 Å². The molecule has 2 heterocycles. The lowest BCUT2D eigenvalue weighted by molar-refractivity contribution is 0.270. The van der Waals surface area contributed by atoms with Crippen molar-refractivity contribution in [1.29, 1.82) is 0 Å². The van der Waals surface area contributed by atoms with Crippen LogP contribution in [-0.4, -0.2) is 49.7 Å². The van der Waals surface area contributed by atoms with Gasteiger partial charge in [0.15, 0.2) is 0 Å². The van der Waals surface area contributed by atoms with Crippen LogP contribution in [0.3, 0.4) is 0 Å². The van der Waals surface area contributed by atoms with E-state index < -0.39 is 0 Å². The molecule has 0 saturated carbocycles. The number of hydrogen-bond donors (Lipinski definition) is 1. The van der Waals surface area contributed by atoms with Crippen LogP contribution in [0.5, 0.6) is 5.88 Å². The minimum Gasteiger partial charge on any atom is -0.481 e. The van der Waals surface area contributed by atoms with Gasteiger partial charge in [-0.1, -0.05) is 6.92 Å². The van der Waals surface area contributed by atoms with Crippen molar-refractivity contribution < 1.29 is 4.74 Å². The number of hydrogen-bond acceptors (Lipinski definition) is 5. The fraction of sp³-hybridized carbons (Fsp3) is 0.583. The summed E-state index contributed by atoms with van der Waals surface area (Å²) in [6, 6.07) is 3.65. The van der Waals surface area contributed by atoms with Gasteiger partial charge < -0.3 is 20.3 Å². The van der Waals surface area contributed by atoms with Gasteiger partial charge in [0.25, 0.3) is 0 Å². The summed E-state index contributed by atoms with van der Waals surface area (Å²) in [5, 5.41) is 0. The molecule has 94 valence electrons.